The van der Waals surface area contributed by atoms with Crippen LogP contribution in [0.5, 0.6) is 5.75 Å². The Bertz CT molecular complexity index is 1310. The molecule has 11 nitrogen and oxygen atoms in total. The summed E-state index contributed by atoms with van der Waals surface area (Å²) in [6.45, 7) is 6.21. The maximum Gasteiger partial charge on any atom is 0.407 e. The van der Waals surface area contributed by atoms with Crippen LogP contribution in [0.2, 0.25) is 0 Å². The third kappa shape index (κ3) is 5.04. The second-order valence-electron chi connectivity index (χ2n) is 8.54. The van der Waals surface area contributed by atoms with Crippen LogP contribution in [0.4, 0.5) is 4.79 Å². The average Bonchev–Trinajstić information content (AvgIpc) is 3.15. The van der Waals surface area contributed by atoms with E-state index in [0.29, 0.717) is 72.9 Å². The predicted molar refractivity (Wildman–Crippen MR) is 130 cm³/mol. The lowest BCUT2D eigenvalue weighted by Gasteiger charge is -2.32. The monoisotopic (exact) mass is 482 g/mol. The van der Waals surface area contributed by atoms with E-state index in [1.165, 1.54) is 4.90 Å². The highest BCUT2D eigenvalue weighted by Crippen LogP contribution is 2.30. The van der Waals surface area contributed by atoms with Crippen LogP contribution in [0.3, 0.4) is 0 Å². The van der Waals surface area contributed by atoms with Gasteiger partial charge in [-0.2, -0.15) is 5.10 Å². The van der Waals surface area contributed by atoms with Gasteiger partial charge >= 0.3 is 6.09 Å². The second kappa shape index (κ2) is 10.3. The van der Waals surface area contributed by atoms with E-state index in [4.69, 9.17) is 14.8 Å². The molecule has 0 unspecified atom stereocenters. The fourth-order valence-electron chi connectivity index (χ4n) is 4.34. The molecule has 1 fully saturated rings. The van der Waals surface area contributed by atoms with Gasteiger partial charge in [-0.05, 0) is 31.5 Å². The minimum Gasteiger partial charge on any atom is -0.493 e. The van der Waals surface area contributed by atoms with Gasteiger partial charge in [0.25, 0.3) is 5.56 Å². The van der Waals surface area contributed by atoms with Gasteiger partial charge in [-0.15, -0.1) is 0 Å². The normalized spacial score (nSPS) is 14.4. The number of piperazine rings is 1. The number of ether oxygens (including phenoxy) is 1. The number of benzene rings is 1. The van der Waals surface area contributed by atoms with Gasteiger partial charge in [-0.25, -0.2) is 9.78 Å². The number of hydrogen-bond donors (Lipinski definition) is 2. The summed E-state index contributed by atoms with van der Waals surface area (Å²) in [5.41, 5.74) is 2.39. The molecule has 0 aliphatic carbocycles. The number of aromatic amines is 1. The van der Waals surface area contributed by atoms with Crippen LogP contribution in [0.1, 0.15) is 36.3 Å². The zero-order chi connectivity index (χ0) is 25.1. The van der Waals surface area contributed by atoms with E-state index in [0.717, 1.165) is 12.1 Å². The SMILES string of the molecule is CCCc1nn(C)c2c(=O)[nH]c(-c3cc(C(=O)CN4CCN(C(=O)O)CC4)ccc3OCC)nc12. The number of H-pyrrole nitrogens is 1. The highest BCUT2D eigenvalue weighted by atomic mass is 16.5. The number of carboxylic acid groups (broad SMARTS) is 1. The van der Waals surface area contributed by atoms with Gasteiger partial charge in [-0.1, -0.05) is 13.3 Å². The zero-order valence-corrected chi connectivity index (χ0v) is 20.2. The molecule has 1 aromatic carbocycles. The van der Waals surface area contributed by atoms with E-state index < -0.39 is 6.09 Å². The number of carbonyl (C=O) groups is 2. The molecule has 0 saturated carbocycles. The van der Waals surface area contributed by atoms with Crippen molar-refractivity contribution in [3.63, 3.8) is 0 Å². The minimum absolute atomic E-state index is 0.102. The largest absolute Gasteiger partial charge is 0.493 e. The van der Waals surface area contributed by atoms with Crippen LogP contribution >= 0.6 is 0 Å². The van der Waals surface area contributed by atoms with Crippen molar-refractivity contribution in [1.29, 1.82) is 0 Å². The number of nitrogens with zero attached hydrogens (tertiary/aromatic N) is 5. The molecule has 3 aromatic rings. The Morgan fingerprint density at radius 1 is 1.17 bits per heavy atom. The summed E-state index contributed by atoms with van der Waals surface area (Å²) in [6, 6.07) is 5.11. The summed E-state index contributed by atoms with van der Waals surface area (Å²) >= 11 is 0. The van der Waals surface area contributed by atoms with Gasteiger partial charge in [0.15, 0.2) is 11.3 Å². The van der Waals surface area contributed by atoms with Crippen molar-refractivity contribution in [2.45, 2.75) is 26.7 Å². The summed E-state index contributed by atoms with van der Waals surface area (Å²) in [4.78, 5) is 48.0. The van der Waals surface area contributed by atoms with Crippen LogP contribution in [-0.4, -0.2) is 85.9 Å². The summed E-state index contributed by atoms with van der Waals surface area (Å²) in [6.07, 6.45) is 0.616. The first kappa shape index (κ1) is 24.4. The Hall–Kier alpha value is -3.73. The van der Waals surface area contributed by atoms with Crippen molar-refractivity contribution in [3.05, 3.63) is 39.8 Å². The average molecular weight is 483 g/mol. The molecule has 1 saturated heterocycles. The summed E-state index contributed by atoms with van der Waals surface area (Å²) in [5.74, 6) is 0.734. The molecular weight excluding hydrogens is 452 g/mol. The number of aromatic nitrogens is 4. The number of nitrogens with one attached hydrogen (secondary N) is 1. The first-order valence-corrected chi connectivity index (χ1v) is 11.8. The molecular formula is C24H30N6O5. The van der Waals surface area contributed by atoms with Crippen LogP contribution < -0.4 is 10.3 Å². The molecule has 0 bridgehead atoms. The second-order valence-corrected chi connectivity index (χ2v) is 8.54. The van der Waals surface area contributed by atoms with Crippen molar-refractivity contribution in [1.82, 2.24) is 29.5 Å². The Balaban J connectivity index is 1.67. The fraction of sp³-hybridized carbons (Fsp3) is 0.458. The molecule has 1 aliphatic rings. The standard InChI is InChI=1S/C24H30N6O5/c1-4-6-17-20-21(28(3)27-17)23(32)26-22(25-20)16-13-15(7-8-19(16)35-5-2)18(31)14-29-9-11-30(12-10-29)24(33)34/h7-8,13H,4-6,9-12,14H2,1-3H3,(H,33,34)(H,25,26,32). The highest BCUT2D eigenvalue weighted by molar-refractivity contribution is 5.99. The number of hydrogen-bond acceptors (Lipinski definition) is 7. The molecule has 11 heteroatoms. The van der Waals surface area contributed by atoms with Crippen LogP contribution in [0.15, 0.2) is 23.0 Å². The molecule has 3 heterocycles. The molecule has 1 aliphatic heterocycles. The Morgan fingerprint density at radius 3 is 2.57 bits per heavy atom. The first-order chi connectivity index (χ1) is 16.8. The number of fused-ring (bicyclic) bond motifs is 1. The van der Waals surface area contributed by atoms with Gasteiger partial charge in [0.2, 0.25) is 0 Å². The number of carbonyl (C=O) groups excluding carboxylic acids is 1. The quantitative estimate of drug-likeness (QED) is 0.467. The van der Waals surface area contributed by atoms with E-state index in [1.54, 1.807) is 29.9 Å². The van der Waals surface area contributed by atoms with Gasteiger partial charge in [0.1, 0.15) is 17.1 Å². The number of aryl methyl sites for hydroxylation is 2. The Morgan fingerprint density at radius 2 is 1.91 bits per heavy atom. The van der Waals surface area contributed by atoms with E-state index in [9.17, 15) is 14.4 Å². The van der Waals surface area contributed by atoms with E-state index in [2.05, 4.69) is 10.1 Å². The van der Waals surface area contributed by atoms with Crippen LogP contribution in [0.25, 0.3) is 22.4 Å². The Kier molecular flexibility index (Phi) is 7.15. The molecule has 2 N–H and O–H groups in total. The third-order valence-corrected chi connectivity index (χ3v) is 6.12. The van der Waals surface area contributed by atoms with Gasteiger partial charge in [0.05, 0.1) is 24.4 Å². The number of rotatable bonds is 8. The molecule has 0 spiro atoms. The van der Waals surface area contributed by atoms with Gasteiger partial charge < -0.3 is 19.7 Å². The zero-order valence-electron chi connectivity index (χ0n) is 20.2. The van der Waals surface area contributed by atoms with Crippen LogP contribution in [0, 0.1) is 0 Å². The lowest BCUT2D eigenvalue weighted by molar-refractivity contribution is 0.0835. The highest BCUT2D eigenvalue weighted by Gasteiger charge is 2.23. The molecule has 0 radical (unpaired) electrons. The van der Waals surface area contributed by atoms with Crippen molar-refractivity contribution >= 4 is 22.9 Å². The molecule has 2 aromatic heterocycles. The van der Waals surface area contributed by atoms with E-state index >= 15 is 0 Å². The molecule has 4 rings (SSSR count). The molecule has 1 amide bonds. The number of ketones is 1. The molecule has 0 atom stereocenters. The summed E-state index contributed by atoms with van der Waals surface area (Å²) in [5, 5.41) is 13.6. The van der Waals surface area contributed by atoms with E-state index in [1.807, 2.05) is 18.7 Å². The third-order valence-electron chi connectivity index (χ3n) is 6.12. The predicted octanol–water partition coefficient (Wildman–Crippen LogP) is 2.15. The summed E-state index contributed by atoms with van der Waals surface area (Å²) < 4.78 is 7.32. The smallest absolute Gasteiger partial charge is 0.407 e. The summed E-state index contributed by atoms with van der Waals surface area (Å²) in [7, 11) is 1.72. The van der Waals surface area contributed by atoms with Crippen molar-refractivity contribution in [2.75, 3.05) is 39.3 Å². The number of amides is 1. The minimum atomic E-state index is -0.943. The van der Waals surface area contributed by atoms with Crippen molar-refractivity contribution in [2.24, 2.45) is 7.05 Å². The van der Waals surface area contributed by atoms with E-state index in [-0.39, 0.29) is 17.9 Å². The lowest BCUT2D eigenvalue weighted by Crippen LogP contribution is -2.49. The number of Topliss-reactive ketones (excluding diaryl/α,β-unsaturated/α-hetero) is 1. The maximum absolute atomic E-state index is 13.1. The maximum atomic E-state index is 13.1. The van der Waals surface area contributed by atoms with Gasteiger partial charge in [0, 0.05) is 38.8 Å². The molecule has 186 valence electrons. The topological polar surface area (TPSA) is 134 Å². The van der Waals surface area contributed by atoms with Crippen LogP contribution in [-0.2, 0) is 13.5 Å². The van der Waals surface area contributed by atoms with Crippen molar-refractivity contribution < 1.29 is 19.4 Å². The molecule has 35 heavy (non-hydrogen) atoms. The fourth-order valence-corrected chi connectivity index (χ4v) is 4.34. The first-order valence-electron chi connectivity index (χ1n) is 11.8. The van der Waals surface area contributed by atoms with Crippen molar-refractivity contribution in [3.8, 4) is 17.1 Å². The lowest BCUT2D eigenvalue weighted by atomic mass is 10.0. The van der Waals surface area contributed by atoms with Gasteiger partial charge in [-0.3, -0.25) is 19.2 Å². The Labute approximate surface area is 202 Å².